The summed E-state index contributed by atoms with van der Waals surface area (Å²) >= 11 is 0. The molecule has 4 aromatic rings. The molecule has 0 bridgehead atoms. The standard InChI is InChI=1S/C22H23N7O2/c1-28(9-10-30)20-5-3-16(13-25-20)26-21-22-24-6-8-29(22)14-18(27-21)15-2-4-19-17(12-15)23-7-11-31-19/h2-6,8,12-14,23,30H,7,9-11H2,1H3,(H,26,27). The van der Waals surface area contributed by atoms with Crippen molar-refractivity contribution in [1.82, 2.24) is 19.4 Å². The second-order valence-corrected chi connectivity index (χ2v) is 7.29. The van der Waals surface area contributed by atoms with E-state index in [1.54, 1.807) is 12.4 Å². The van der Waals surface area contributed by atoms with Gasteiger partial charge in [-0.1, -0.05) is 0 Å². The summed E-state index contributed by atoms with van der Waals surface area (Å²) in [4.78, 5) is 15.6. The molecule has 0 spiro atoms. The van der Waals surface area contributed by atoms with Crippen LogP contribution in [0.4, 0.5) is 23.0 Å². The Morgan fingerprint density at radius 3 is 3.03 bits per heavy atom. The van der Waals surface area contributed by atoms with Crippen molar-refractivity contribution in [3.8, 4) is 17.0 Å². The Hall–Kier alpha value is -3.85. The summed E-state index contributed by atoms with van der Waals surface area (Å²) < 4.78 is 7.63. The molecule has 0 saturated carbocycles. The molecular weight excluding hydrogens is 394 g/mol. The molecule has 9 nitrogen and oxygen atoms in total. The zero-order chi connectivity index (χ0) is 21.2. The first-order valence-electron chi connectivity index (χ1n) is 10.1. The first-order valence-corrected chi connectivity index (χ1v) is 10.1. The molecule has 0 aliphatic carbocycles. The molecule has 3 aromatic heterocycles. The number of pyridine rings is 1. The number of aliphatic hydroxyl groups excluding tert-OH is 1. The van der Waals surface area contributed by atoms with Gasteiger partial charge in [-0.05, 0) is 30.3 Å². The maximum atomic E-state index is 9.10. The minimum absolute atomic E-state index is 0.0805. The molecule has 0 saturated heterocycles. The number of imidazole rings is 1. The number of hydrogen-bond donors (Lipinski definition) is 3. The molecule has 9 heteroatoms. The Kier molecular flexibility index (Phi) is 5.01. The van der Waals surface area contributed by atoms with Gasteiger partial charge in [0.1, 0.15) is 18.2 Å². The zero-order valence-electron chi connectivity index (χ0n) is 17.1. The Bertz CT molecular complexity index is 1210. The third-order valence-electron chi connectivity index (χ3n) is 5.16. The van der Waals surface area contributed by atoms with Crippen LogP contribution in [0.15, 0.2) is 55.1 Å². The van der Waals surface area contributed by atoms with Gasteiger partial charge in [0.25, 0.3) is 0 Å². The van der Waals surface area contributed by atoms with Crippen LogP contribution in [0, 0.1) is 0 Å². The first-order chi connectivity index (χ1) is 15.2. The van der Waals surface area contributed by atoms with Crippen LogP contribution in [0.5, 0.6) is 5.75 Å². The monoisotopic (exact) mass is 417 g/mol. The van der Waals surface area contributed by atoms with Crippen LogP contribution in [0.1, 0.15) is 0 Å². The Labute approximate surface area is 179 Å². The SMILES string of the molecule is CN(CCO)c1ccc(Nc2nc(-c3ccc4c(c3)NCCO4)cn3ccnc23)cn1. The largest absolute Gasteiger partial charge is 0.490 e. The topological polar surface area (TPSA) is 99.8 Å². The van der Waals surface area contributed by atoms with E-state index in [1.165, 1.54) is 0 Å². The first kappa shape index (κ1) is 19.1. The van der Waals surface area contributed by atoms with E-state index in [0.29, 0.717) is 19.0 Å². The number of anilines is 4. The fourth-order valence-corrected chi connectivity index (χ4v) is 3.54. The average Bonchev–Trinajstić information content (AvgIpc) is 3.28. The number of rotatable bonds is 6. The number of benzene rings is 1. The molecule has 0 fully saturated rings. The molecule has 0 unspecified atom stereocenters. The van der Waals surface area contributed by atoms with Crippen molar-refractivity contribution in [2.24, 2.45) is 0 Å². The second-order valence-electron chi connectivity index (χ2n) is 7.29. The van der Waals surface area contributed by atoms with Gasteiger partial charge in [0, 0.05) is 44.3 Å². The summed E-state index contributed by atoms with van der Waals surface area (Å²) in [6.07, 6.45) is 7.36. The fourth-order valence-electron chi connectivity index (χ4n) is 3.54. The highest BCUT2D eigenvalue weighted by Crippen LogP contribution is 2.33. The lowest BCUT2D eigenvalue weighted by Gasteiger charge is -2.20. The molecule has 0 amide bonds. The number of ether oxygens (including phenoxy) is 1. The molecule has 4 heterocycles. The highest BCUT2D eigenvalue weighted by atomic mass is 16.5. The summed E-state index contributed by atoms with van der Waals surface area (Å²) in [7, 11) is 1.89. The predicted molar refractivity (Wildman–Crippen MR) is 120 cm³/mol. The van der Waals surface area contributed by atoms with Gasteiger partial charge in [0.15, 0.2) is 11.5 Å². The van der Waals surface area contributed by atoms with Gasteiger partial charge in [-0.15, -0.1) is 0 Å². The number of aromatic nitrogens is 4. The average molecular weight is 417 g/mol. The van der Waals surface area contributed by atoms with E-state index in [4.69, 9.17) is 14.8 Å². The van der Waals surface area contributed by atoms with Crippen molar-refractivity contribution >= 4 is 28.7 Å². The van der Waals surface area contributed by atoms with Crippen molar-refractivity contribution in [2.45, 2.75) is 0 Å². The molecule has 1 aromatic carbocycles. The number of likely N-dealkylation sites (N-methyl/N-ethyl adjacent to an activating group) is 1. The number of nitrogens with zero attached hydrogens (tertiary/aromatic N) is 5. The van der Waals surface area contributed by atoms with Crippen LogP contribution in [0.2, 0.25) is 0 Å². The lowest BCUT2D eigenvalue weighted by Crippen LogP contribution is -2.22. The third kappa shape index (κ3) is 3.82. The van der Waals surface area contributed by atoms with Crippen molar-refractivity contribution < 1.29 is 9.84 Å². The van der Waals surface area contributed by atoms with Crippen molar-refractivity contribution in [1.29, 1.82) is 0 Å². The van der Waals surface area contributed by atoms with Crippen molar-refractivity contribution in [3.63, 3.8) is 0 Å². The maximum Gasteiger partial charge on any atom is 0.180 e. The molecule has 31 heavy (non-hydrogen) atoms. The molecule has 3 N–H and O–H groups in total. The van der Waals surface area contributed by atoms with E-state index in [0.717, 1.165) is 46.4 Å². The van der Waals surface area contributed by atoms with Gasteiger partial charge >= 0.3 is 0 Å². The number of hydrogen-bond acceptors (Lipinski definition) is 8. The highest BCUT2D eigenvalue weighted by Gasteiger charge is 2.14. The second kappa shape index (κ2) is 8.11. The molecular formula is C22H23N7O2. The lowest BCUT2D eigenvalue weighted by atomic mass is 10.1. The van der Waals surface area contributed by atoms with Crippen LogP contribution in [0.3, 0.4) is 0 Å². The molecule has 0 radical (unpaired) electrons. The number of nitrogens with one attached hydrogen (secondary N) is 2. The molecule has 0 atom stereocenters. The summed E-state index contributed by atoms with van der Waals surface area (Å²) in [5, 5.41) is 15.8. The van der Waals surface area contributed by atoms with Gasteiger partial charge in [-0.2, -0.15) is 0 Å². The van der Waals surface area contributed by atoms with Gasteiger partial charge in [-0.3, -0.25) is 0 Å². The van der Waals surface area contributed by atoms with Crippen molar-refractivity contribution in [2.75, 3.05) is 48.9 Å². The predicted octanol–water partition coefficient (Wildman–Crippen LogP) is 2.77. The van der Waals surface area contributed by atoms with E-state index in [2.05, 4.69) is 26.7 Å². The van der Waals surface area contributed by atoms with Crippen LogP contribution >= 0.6 is 0 Å². The van der Waals surface area contributed by atoms with Gasteiger partial charge in [0.2, 0.25) is 0 Å². The van der Waals surface area contributed by atoms with Crippen LogP contribution < -0.4 is 20.3 Å². The summed E-state index contributed by atoms with van der Waals surface area (Å²) in [5.41, 5.74) is 4.29. The molecule has 1 aliphatic heterocycles. The third-order valence-corrected chi connectivity index (χ3v) is 5.16. The van der Waals surface area contributed by atoms with E-state index in [-0.39, 0.29) is 6.61 Å². The molecule has 158 valence electrons. The Morgan fingerprint density at radius 1 is 1.26 bits per heavy atom. The fraction of sp³-hybridized carbons (Fsp3) is 0.227. The van der Waals surface area contributed by atoms with Gasteiger partial charge < -0.3 is 29.8 Å². The van der Waals surface area contributed by atoms with E-state index in [9.17, 15) is 0 Å². The maximum absolute atomic E-state index is 9.10. The van der Waals surface area contributed by atoms with Gasteiger partial charge in [-0.25, -0.2) is 15.0 Å². The summed E-state index contributed by atoms with van der Waals surface area (Å²) in [6.45, 7) is 2.06. The van der Waals surface area contributed by atoms with Gasteiger partial charge in [0.05, 0.1) is 29.9 Å². The highest BCUT2D eigenvalue weighted by molar-refractivity contribution is 5.76. The van der Waals surface area contributed by atoms with Crippen LogP contribution in [0.25, 0.3) is 16.9 Å². The smallest absolute Gasteiger partial charge is 0.180 e. The Balaban J connectivity index is 1.47. The normalized spacial score (nSPS) is 12.7. The van der Waals surface area contributed by atoms with Crippen molar-refractivity contribution in [3.05, 3.63) is 55.1 Å². The number of fused-ring (bicyclic) bond motifs is 2. The summed E-state index contributed by atoms with van der Waals surface area (Å²) in [6, 6.07) is 9.86. The summed E-state index contributed by atoms with van der Waals surface area (Å²) in [5.74, 6) is 2.29. The van der Waals surface area contributed by atoms with E-state index < -0.39 is 0 Å². The minimum atomic E-state index is 0.0805. The van der Waals surface area contributed by atoms with Crippen LogP contribution in [-0.2, 0) is 0 Å². The minimum Gasteiger partial charge on any atom is -0.490 e. The Morgan fingerprint density at radius 2 is 2.19 bits per heavy atom. The molecule has 5 rings (SSSR count). The zero-order valence-corrected chi connectivity index (χ0v) is 17.1. The quantitative estimate of drug-likeness (QED) is 0.440. The van der Waals surface area contributed by atoms with E-state index >= 15 is 0 Å². The molecule has 1 aliphatic rings. The van der Waals surface area contributed by atoms with E-state index in [1.807, 2.05) is 53.0 Å². The lowest BCUT2D eigenvalue weighted by molar-refractivity contribution is 0.304. The van der Waals surface area contributed by atoms with Crippen LogP contribution in [-0.4, -0.2) is 57.8 Å². The number of aliphatic hydroxyl groups is 1.